The Morgan fingerprint density at radius 2 is 1.58 bits per heavy atom. The van der Waals surface area contributed by atoms with Crippen LogP contribution in [0.25, 0.3) is 0 Å². The SMILES string of the molecule is Fc1ccc2c(c1)OC1(CCN(c3ccc(Br)nc3)CC1)[C@@H]2N=C(c1ccccc1)c1ccccc1. The topological polar surface area (TPSA) is 37.7 Å². The largest absolute Gasteiger partial charge is 0.484 e. The van der Waals surface area contributed by atoms with Gasteiger partial charge in [-0.3, -0.25) is 4.99 Å². The van der Waals surface area contributed by atoms with Crippen LogP contribution in [0.3, 0.4) is 0 Å². The molecular formula is C30H25BrFN3O. The predicted octanol–water partition coefficient (Wildman–Crippen LogP) is 6.99. The first-order valence-electron chi connectivity index (χ1n) is 12.1. The van der Waals surface area contributed by atoms with Crippen molar-refractivity contribution in [2.75, 3.05) is 18.0 Å². The molecule has 0 unspecified atom stereocenters. The summed E-state index contributed by atoms with van der Waals surface area (Å²) in [7, 11) is 0. The fourth-order valence-corrected chi connectivity index (χ4v) is 5.51. The molecule has 1 fully saturated rings. The molecule has 6 heteroatoms. The molecule has 3 aromatic carbocycles. The van der Waals surface area contributed by atoms with Crippen molar-refractivity contribution in [1.29, 1.82) is 0 Å². The van der Waals surface area contributed by atoms with E-state index < -0.39 is 5.60 Å². The number of anilines is 1. The van der Waals surface area contributed by atoms with Crippen molar-refractivity contribution in [2.45, 2.75) is 24.5 Å². The third kappa shape index (κ3) is 4.30. The van der Waals surface area contributed by atoms with Crippen molar-refractivity contribution in [3.8, 4) is 5.75 Å². The van der Waals surface area contributed by atoms with Gasteiger partial charge in [-0.15, -0.1) is 0 Å². The summed E-state index contributed by atoms with van der Waals surface area (Å²) in [6, 6.07) is 29.1. The molecule has 0 amide bonds. The van der Waals surface area contributed by atoms with E-state index in [0.29, 0.717) is 5.75 Å². The normalized spacial score (nSPS) is 17.9. The zero-order chi connectivity index (χ0) is 24.5. The van der Waals surface area contributed by atoms with E-state index in [9.17, 15) is 4.39 Å². The summed E-state index contributed by atoms with van der Waals surface area (Å²) >= 11 is 3.41. The number of rotatable bonds is 4. The van der Waals surface area contributed by atoms with E-state index in [4.69, 9.17) is 9.73 Å². The number of hydrogen-bond donors (Lipinski definition) is 0. The minimum absolute atomic E-state index is 0.242. The van der Waals surface area contributed by atoms with E-state index >= 15 is 0 Å². The first kappa shape index (κ1) is 22.9. The van der Waals surface area contributed by atoms with Gasteiger partial charge in [-0.2, -0.15) is 0 Å². The Labute approximate surface area is 218 Å². The van der Waals surface area contributed by atoms with Crippen LogP contribution in [0.2, 0.25) is 0 Å². The van der Waals surface area contributed by atoms with Gasteiger partial charge in [-0.05, 0) is 34.1 Å². The highest BCUT2D eigenvalue weighted by atomic mass is 79.9. The third-order valence-corrected chi connectivity index (χ3v) is 7.59. The number of pyridine rings is 1. The van der Waals surface area contributed by atoms with Crippen LogP contribution in [0.15, 0.2) is 107 Å². The highest BCUT2D eigenvalue weighted by molar-refractivity contribution is 9.10. The molecule has 0 bridgehead atoms. The number of aliphatic imine (C=N–C) groups is 1. The summed E-state index contributed by atoms with van der Waals surface area (Å²) < 4.78 is 21.6. The molecule has 3 heterocycles. The summed E-state index contributed by atoms with van der Waals surface area (Å²) in [5.74, 6) is 0.307. The summed E-state index contributed by atoms with van der Waals surface area (Å²) in [5.41, 5.74) is 4.51. The lowest BCUT2D eigenvalue weighted by Crippen LogP contribution is -2.49. The van der Waals surface area contributed by atoms with E-state index in [2.05, 4.69) is 56.1 Å². The quantitative estimate of drug-likeness (QED) is 0.206. The maximum absolute atomic E-state index is 14.2. The minimum atomic E-state index is -0.537. The second-order valence-corrected chi connectivity index (χ2v) is 10.1. The van der Waals surface area contributed by atoms with Crippen LogP contribution in [0.1, 0.15) is 35.6 Å². The van der Waals surface area contributed by atoms with E-state index in [1.807, 2.05) is 54.7 Å². The molecule has 2 aliphatic heterocycles. The van der Waals surface area contributed by atoms with Gasteiger partial charge in [0, 0.05) is 48.7 Å². The Morgan fingerprint density at radius 1 is 0.917 bits per heavy atom. The number of halogens is 2. The number of hydrogen-bond acceptors (Lipinski definition) is 4. The van der Waals surface area contributed by atoms with Crippen LogP contribution in [0.4, 0.5) is 10.1 Å². The molecular weight excluding hydrogens is 517 g/mol. The predicted molar refractivity (Wildman–Crippen MR) is 144 cm³/mol. The average Bonchev–Trinajstić information content (AvgIpc) is 3.20. The van der Waals surface area contributed by atoms with Gasteiger partial charge in [0.25, 0.3) is 0 Å². The second-order valence-electron chi connectivity index (χ2n) is 9.29. The van der Waals surface area contributed by atoms with Crippen molar-refractivity contribution >= 4 is 27.3 Å². The van der Waals surface area contributed by atoms with E-state index in [-0.39, 0.29) is 11.9 Å². The van der Waals surface area contributed by atoms with Gasteiger partial charge in [-0.1, -0.05) is 66.7 Å². The third-order valence-electron chi connectivity index (χ3n) is 7.12. The van der Waals surface area contributed by atoms with Crippen LogP contribution in [0.5, 0.6) is 5.75 Å². The lowest BCUT2D eigenvalue weighted by Gasteiger charge is -2.42. The molecule has 4 nitrogen and oxygen atoms in total. The molecule has 0 aliphatic carbocycles. The van der Waals surface area contributed by atoms with Crippen molar-refractivity contribution in [1.82, 2.24) is 4.98 Å². The van der Waals surface area contributed by atoms with E-state index in [0.717, 1.165) is 58.6 Å². The summed E-state index contributed by atoms with van der Waals surface area (Å²) in [6.45, 7) is 1.61. The van der Waals surface area contributed by atoms with Gasteiger partial charge in [0.05, 0.1) is 17.6 Å². The monoisotopic (exact) mass is 541 g/mol. The number of piperidine rings is 1. The van der Waals surface area contributed by atoms with Crippen molar-refractivity contribution in [3.05, 3.63) is 124 Å². The Morgan fingerprint density at radius 3 is 2.19 bits per heavy atom. The Bertz CT molecular complexity index is 1340. The fourth-order valence-electron chi connectivity index (χ4n) is 5.28. The van der Waals surface area contributed by atoms with Gasteiger partial charge >= 0.3 is 0 Å². The zero-order valence-corrected chi connectivity index (χ0v) is 21.2. The Kier molecular flexibility index (Phi) is 6.05. The standard InChI is InChI=1S/C30H25BrFN3O/c31-27-14-12-24(20-33-27)35-17-15-30(16-18-35)29(25-13-11-23(32)19-26(25)36-30)34-28(21-7-3-1-4-8-21)22-9-5-2-6-10-22/h1-14,19-20,29H,15-18H2/t29-/m1/s1. The number of benzene rings is 3. The smallest absolute Gasteiger partial charge is 0.139 e. The van der Waals surface area contributed by atoms with Crippen LogP contribution in [-0.4, -0.2) is 29.4 Å². The van der Waals surface area contributed by atoms with E-state index in [1.165, 1.54) is 12.1 Å². The van der Waals surface area contributed by atoms with Crippen LogP contribution >= 0.6 is 15.9 Å². The van der Waals surface area contributed by atoms with Crippen LogP contribution in [-0.2, 0) is 0 Å². The number of fused-ring (bicyclic) bond motifs is 1. The van der Waals surface area contributed by atoms with Gasteiger partial charge in [0.15, 0.2) is 0 Å². The maximum Gasteiger partial charge on any atom is 0.139 e. The number of aromatic nitrogens is 1. The molecule has 36 heavy (non-hydrogen) atoms. The number of nitrogens with zero attached hydrogens (tertiary/aromatic N) is 3. The summed E-state index contributed by atoms with van der Waals surface area (Å²) in [6.07, 6.45) is 3.43. The van der Waals surface area contributed by atoms with Crippen molar-refractivity contribution in [2.24, 2.45) is 4.99 Å². The van der Waals surface area contributed by atoms with Crippen LogP contribution < -0.4 is 9.64 Å². The molecule has 0 radical (unpaired) electrons. The molecule has 2 aliphatic rings. The van der Waals surface area contributed by atoms with Crippen molar-refractivity contribution in [3.63, 3.8) is 0 Å². The van der Waals surface area contributed by atoms with Gasteiger partial charge in [0.1, 0.15) is 27.8 Å². The molecule has 1 aromatic heterocycles. The highest BCUT2D eigenvalue weighted by Gasteiger charge is 2.50. The van der Waals surface area contributed by atoms with Gasteiger partial charge in [-0.25, -0.2) is 9.37 Å². The maximum atomic E-state index is 14.2. The second kappa shape index (κ2) is 9.51. The lowest BCUT2D eigenvalue weighted by atomic mass is 9.82. The first-order chi connectivity index (χ1) is 17.6. The molecule has 4 aromatic rings. The van der Waals surface area contributed by atoms with E-state index in [1.54, 1.807) is 0 Å². The Hall–Kier alpha value is -3.51. The number of ether oxygens (including phenoxy) is 1. The molecule has 6 rings (SSSR count). The molecule has 180 valence electrons. The highest BCUT2D eigenvalue weighted by Crippen LogP contribution is 2.51. The van der Waals surface area contributed by atoms with Crippen molar-refractivity contribution < 1.29 is 9.13 Å². The summed E-state index contributed by atoms with van der Waals surface area (Å²) in [4.78, 5) is 12.1. The average molecular weight is 542 g/mol. The lowest BCUT2D eigenvalue weighted by molar-refractivity contribution is 0.0438. The van der Waals surface area contributed by atoms with Gasteiger partial charge < -0.3 is 9.64 Å². The summed E-state index contributed by atoms with van der Waals surface area (Å²) in [5, 5.41) is 0. The molecule has 1 atom stereocenters. The molecule has 1 saturated heterocycles. The Balaban J connectivity index is 1.41. The zero-order valence-electron chi connectivity index (χ0n) is 19.6. The fraction of sp³-hybridized carbons (Fsp3) is 0.200. The van der Waals surface area contributed by atoms with Gasteiger partial charge in [0.2, 0.25) is 0 Å². The van der Waals surface area contributed by atoms with Crippen LogP contribution in [0, 0.1) is 5.82 Å². The first-order valence-corrected chi connectivity index (χ1v) is 12.9. The molecule has 0 saturated carbocycles. The molecule has 1 spiro atoms. The minimum Gasteiger partial charge on any atom is -0.484 e. The molecule has 0 N–H and O–H groups in total.